The molecular formula is C9H10S2. The van der Waals surface area contributed by atoms with Crippen LogP contribution in [-0.2, 0) is 0 Å². The Morgan fingerprint density at radius 3 is 3.00 bits per heavy atom. The highest BCUT2D eigenvalue weighted by atomic mass is 32.2. The van der Waals surface area contributed by atoms with Crippen LogP contribution >= 0.6 is 22.2 Å². The van der Waals surface area contributed by atoms with Gasteiger partial charge in [-0.2, -0.15) is 10.5 Å². The van der Waals surface area contributed by atoms with Gasteiger partial charge in [0.05, 0.1) is 0 Å². The monoisotopic (exact) mass is 182 g/mol. The quantitative estimate of drug-likeness (QED) is 0.556. The van der Waals surface area contributed by atoms with E-state index in [1.807, 2.05) is 11.8 Å². The summed E-state index contributed by atoms with van der Waals surface area (Å²) >= 11 is 1.96. The zero-order chi connectivity index (χ0) is 7.68. The van der Waals surface area contributed by atoms with Gasteiger partial charge in [0.15, 0.2) is 0 Å². The summed E-state index contributed by atoms with van der Waals surface area (Å²) in [6.07, 6.45) is 0. The van der Waals surface area contributed by atoms with Gasteiger partial charge < -0.3 is 0 Å². The molecule has 58 valence electrons. The zero-order valence-electron chi connectivity index (χ0n) is 6.25. The molecule has 1 aliphatic heterocycles. The summed E-state index contributed by atoms with van der Waals surface area (Å²) in [7, 11) is 0.264. The van der Waals surface area contributed by atoms with Crippen LogP contribution in [0.2, 0.25) is 0 Å². The second kappa shape index (κ2) is 3.03. The molecule has 2 rings (SSSR count). The van der Waals surface area contributed by atoms with Crippen molar-refractivity contribution in [3.8, 4) is 0 Å². The van der Waals surface area contributed by atoms with Gasteiger partial charge in [0.2, 0.25) is 0 Å². The Balaban J connectivity index is 2.52. The summed E-state index contributed by atoms with van der Waals surface area (Å²) in [5, 5.41) is 0. The first-order valence-electron chi connectivity index (χ1n) is 3.60. The Bertz CT molecular complexity index is 291. The maximum absolute atomic E-state index is 4.15. The SMILES string of the molecule is C=S1CCSc2ccccc21. The fourth-order valence-electron chi connectivity index (χ4n) is 1.17. The first-order chi connectivity index (χ1) is 5.38. The molecule has 0 spiro atoms. The van der Waals surface area contributed by atoms with E-state index >= 15 is 0 Å². The van der Waals surface area contributed by atoms with Gasteiger partial charge in [-0.25, -0.2) is 0 Å². The molecular weight excluding hydrogens is 172 g/mol. The van der Waals surface area contributed by atoms with E-state index in [4.69, 9.17) is 0 Å². The number of thioether (sulfide) groups is 1. The largest absolute Gasteiger partial charge is 0.160 e. The van der Waals surface area contributed by atoms with Crippen molar-refractivity contribution in [3.05, 3.63) is 24.3 Å². The lowest BCUT2D eigenvalue weighted by molar-refractivity contribution is 1.22. The third-order valence-electron chi connectivity index (χ3n) is 1.75. The molecule has 0 saturated carbocycles. The fraction of sp³-hybridized carbons (Fsp3) is 0.222. The molecule has 0 fully saturated rings. The van der Waals surface area contributed by atoms with Crippen LogP contribution in [0.5, 0.6) is 0 Å². The van der Waals surface area contributed by atoms with Gasteiger partial charge in [-0.3, -0.25) is 0 Å². The van der Waals surface area contributed by atoms with Gasteiger partial charge in [-0.15, -0.1) is 11.8 Å². The van der Waals surface area contributed by atoms with Crippen molar-refractivity contribution >= 4 is 28.1 Å². The van der Waals surface area contributed by atoms with Crippen LogP contribution in [-0.4, -0.2) is 17.4 Å². The molecule has 0 aliphatic carbocycles. The van der Waals surface area contributed by atoms with Gasteiger partial charge >= 0.3 is 0 Å². The third-order valence-corrected chi connectivity index (χ3v) is 4.89. The zero-order valence-corrected chi connectivity index (χ0v) is 7.88. The highest BCUT2D eigenvalue weighted by Crippen LogP contribution is 2.39. The molecule has 0 N–H and O–H groups in total. The molecule has 1 aliphatic rings. The Hall–Kier alpha value is -0.210. The molecule has 0 bridgehead atoms. The van der Waals surface area contributed by atoms with Crippen LogP contribution < -0.4 is 0 Å². The first-order valence-corrected chi connectivity index (χ1v) is 6.15. The van der Waals surface area contributed by atoms with Crippen LogP contribution in [0.4, 0.5) is 0 Å². The number of rotatable bonds is 0. The number of hydrogen-bond acceptors (Lipinski definition) is 1. The highest BCUT2D eigenvalue weighted by molar-refractivity contribution is 8.16. The summed E-state index contributed by atoms with van der Waals surface area (Å²) in [5.74, 6) is 6.64. The van der Waals surface area contributed by atoms with Crippen LogP contribution in [0.3, 0.4) is 0 Å². The van der Waals surface area contributed by atoms with Crippen LogP contribution in [0.25, 0.3) is 0 Å². The molecule has 0 nitrogen and oxygen atoms in total. The third kappa shape index (κ3) is 1.37. The molecule has 2 heteroatoms. The van der Waals surface area contributed by atoms with E-state index < -0.39 is 0 Å². The van der Waals surface area contributed by atoms with E-state index in [2.05, 4.69) is 30.1 Å². The Morgan fingerprint density at radius 1 is 1.36 bits per heavy atom. The lowest BCUT2D eigenvalue weighted by Gasteiger charge is -2.17. The first kappa shape index (κ1) is 7.44. The van der Waals surface area contributed by atoms with Crippen molar-refractivity contribution < 1.29 is 0 Å². The van der Waals surface area contributed by atoms with Crippen LogP contribution in [0.15, 0.2) is 34.1 Å². The molecule has 0 amide bonds. The summed E-state index contributed by atoms with van der Waals surface area (Å²) in [6, 6.07) is 8.62. The van der Waals surface area contributed by atoms with Crippen LogP contribution in [0, 0.1) is 0 Å². The van der Waals surface area contributed by atoms with E-state index in [0.717, 1.165) is 0 Å². The van der Waals surface area contributed by atoms with Gasteiger partial charge in [0, 0.05) is 21.3 Å². The van der Waals surface area contributed by atoms with Crippen molar-refractivity contribution in [2.24, 2.45) is 0 Å². The average molecular weight is 182 g/mol. The summed E-state index contributed by atoms with van der Waals surface area (Å²) in [5.41, 5.74) is 0. The van der Waals surface area contributed by atoms with Crippen molar-refractivity contribution in [1.29, 1.82) is 0 Å². The molecule has 1 aromatic carbocycles. The minimum absolute atomic E-state index is 0.264. The van der Waals surface area contributed by atoms with Gasteiger partial charge in [0.1, 0.15) is 0 Å². The Kier molecular flexibility index (Phi) is 2.05. The fourth-order valence-corrected chi connectivity index (χ4v) is 4.29. The lowest BCUT2D eigenvalue weighted by Crippen LogP contribution is -1.95. The van der Waals surface area contributed by atoms with E-state index in [1.165, 1.54) is 21.3 Å². The molecule has 1 aromatic rings. The van der Waals surface area contributed by atoms with Crippen molar-refractivity contribution in [2.75, 3.05) is 11.5 Å². The van der Waals surface area contributed by atoms with Gasteiger partial charge in [0.25, 0.3) is 0 Å². The molecule has 0 aromatic heterocycles. The van der Waals surface area contributed by atoms with E-state index in [9.17, 15) is 0 Å². The number of hydrogen-bond donors (Lipinski definition) is 0. The lowest BCUT2D eigenvalue weighted by atomic mass is 10.4. The smallest absolute Gasteiger partial charge is 0.0203 e. The second-order valence-electron chi connectivity index (χ2n) is 2.49. The topological polar surface area (TPSA) is 0 Å². The molecule has 1 atom stereocenters. The normalized spacial score (nSPS) is 22.7. The van der Waals surface area contributed by atoms with Crippen molar-refractivity contribution in [3.63, 3.8) is 0 Å². The number of fused-ring (bicyclic) bond motifs is 1. The van der Waals surface area contributed by atoms with E-state index in [1.54, 1.807) is 0 Å². The molecule has 0 saturated heterocycles. The number of benzene rings is 1. The standard InChI is InChI=1S/C9H10S2/c1-11-7-6-10-8-4-2-3-5-9(8)11/h2-5H,1,6-7H2. The van der Waals surface area contributed by atoms with Gasteiger partial charge in [-0.05, 0) is 12.1 Å². The van der Waals surface area contributed by atoms with Gasteiger partial charge in [-0.1, -0.05) is 18.0 Å². The highest BCUT2D eigenvalue weighted by Gasteiger charge is 2.09. The van der Waals surface area contributed by atoms with Crippen molar-refractivity contribution in [2.45, 2.75) is 9.79 Å². The second-order valence-corrected chi connectivity index (χ2v) is 5.46. The summed E-state index contributed by atoms with van der Waals surface area (Å²) < 4.78 is 0. The Labute approximate surface area is 73.9 Å². The molecule has 0 radical (unpaired) electrons. The maximum atomic E-state index is 4.15. The minimum atomic E-state index is 0.264. The molecule has 11 heavy (non-hydrogen) atoms. The average Bonchev–Trinajstić information content (AvgIpc) is 2.06. The van der Waals surface area contributed by atoms with Crippen LogP contribution in [0.1, 0.15) is 0 Å². The predicted octanol–water partition coefficient (Wildman–Crippen LogP) is 2.85. The summed E-state index contributed by atoms with van der Waals surface area (Å²) in [6.45, 7) is 0. The molecule has 1 unspecified atom stereocenters. The predicted molar refractivity (Wildman–Crippen MR) is 55.0 cm³/mol. The Morgan fingerprint density at radius 2 is 2.18 bits per heavy atom. The molecule has 1 heterocycles. The minimum Gasteiger partial charge on any atom is -0.160 e. The van der Waals surface area contributed by atoms with E-state index in [0.29, 0.717) is 0 Å². The summed E-state index contributed by atoms with van der Waals surface area (Å²) in [4.78, 5) is 2.90. The van der Waals surface area contributed by atoms with Crippen molar-refractivity contribution in [1.82, 2.24) is 0 Å². The van der Waals surface area contributed by atoms with E-state index in [-0.39, 0.29) is 10.5 Å². The maximum Gasteiger partial charge on any atom is 0.0203 e.